The number of hydrogen-bond donors (Lipinski definition) is 0. The molecule has 2 aromatic heterocycles. The number of alkyl halides is 3. The number of halogens is 4. The molecule has 0 bridgehead atoms. The van der Waals surface area contributed by atoms with Crippen LogP contribution in [0.4, 0.5) is 23.4 Å². The lowest BCUT2D eigenvalue weighted by Crippen LogP contribution is -2.31. The number of aromatic nitrogens is 3. The third kappa shape index (κ3) is 3.60. The monoisotopic (exact) mass is 374 g/mol. The summed E-state index contributed by atoms with van der Waals surface area (Å²) in [4.78, 5) is 13.7. The van der Waals surface area contributed by atoms with Crippen molar-refractivity contribution in [3.8, 4) is 11.4 Å². The summed E-state index contributed by atoms with van der Waals surface area (Å²) in [6.45, 7) is 0.799. The number of benzene rings is 1. The summed E-state index contributed by atoms with van der Waals surface area (Å²) >= 11 is 0. The van der Waals surface area contributed by atoms with E-state index in [1.165, 1.54) is 24.5 Å². The third-order valence-electron chi connectivity index (χ3n) is 4.43. The molecule has 0 amide bonds. The van der Waals surface area contributed by atoms with E-state index in [2.05, 4.69) is 15.0 Å². The highest BCUT2D eigenvalue weighted by atomic mass is 19.4. The number of pyridine rings is 1. The summed E-state index contributed by atoms with van der Waals surface area (Å²) in [6.07, 6.45) is -1.11. The van der Waals surface area contributed by atoms with Gasteiger partial charge in [-0.1, -0.05) is 6.07 Å². The van der Waals surface area contributed by atoms with Crippen molar-refractivity contribution < 1.29 is 17.6 Å². The molecule has 4 rings (SSSR count). The summed E-state index contributed by atoms with van der Waals surface area (Å²) in [5, 5.41) is 0. The van der Waals surface area contributed by atoms with Gasteiger partial charge < -0.3 is 4.90 Å². The molecule has 0 spiro atoms. The molecule has 138 valence electrons. The van der Waals surface area contributed by atoms with E-state index < -0.39 is 11.9 Å². The minimum Gasteiger partial charge on any atom is -0.352 e. The SMILES string of the molecule is Fc1ccc2c(c1)CCN(c1cc(C(F)(F)F)nc(-c3cccnc3)n1)C2. The van der Waals surface area contributed by atoms with Crippen LogP contribution in [0, 0.1) is 5.82 Å². The van der Waals surface area contributed by atoms with Crippen molar-refractivity contribution in [1.82, 2.24) is 15.0 Å². The second-order valence-corrected chi connectivity index (χ2v) is 6.26. The first kappa shape index (κ1) is 17.4. The van der Waals surface area contributed by atoms with Gasteiger partial charge in [0.05, 0.1) is 0 Å². The molecule has 0 atom stereocenters. The molecular weight excluding hydrogens is 360 g/mol. The van der Waals surface area contributed by atoms with E-state index in [9.17, 15) is 17.6 Å². The molecule has 8 heteroatoms. The Labute approximate surface area is 152 Å². The topological polar surface area (TPSA) is 41.9 Å². The molecule has 0 saturated heterocycles. The van der Waals surface area contributed by atoms with Gasteiger partial charge in [0.1, 0.15) is 11.6 Å². The molecule has 27 heavy (non-hydrogen) atoms. The average Bonchev–Trinajstić information content (AvgIpc) is 2.67. The fourth-order valence-electron chi connectivity index (χ4n) is 3.08. The maximum Gasteiger partial charge on any atom is 0.433 e. The van der Waals surface area contributed by atoms with Crippen molar-refractivity contribution in [2.24, 2.45) is 0 Å². The highest BCUT2D eigenvalue weighted by molar-refractivity contribution is 5.57. The third-order valence-corrected chi connectivity index (χ3v) is 4.43. The van der Waals surface area contributed by atoms with Crippen LogP contribution in [0.25, 0.3) is 11.4 Å². The van der Waals surface area contributed by atoms with Crippen molar-refractivity contribution in [3.63, 3.8) is 0 Å². The van der Waals surface area contributed by atoms with Crippen LogP contribution < -0.4 is 4.90 Å². The molecule has 0 N–H and O–H groups in total. The quantitative estimate of drug-likeness (QED) is 0.629. The predicted molar refractivity (Wildman–Crippen MR) is 91.4 cm³/mol. The van der Waals surface area contributed by atoms with Gasteiger partial charge in [-0.25, -0.2) is 14.4 Å². The van der Waals surface area contributed by atoms with Gasteiger partial charge in [-0.3, -0.25) is 4.98 Å². The van der Waals surface area contributed by atoms with Crippen molar-refractivity contribution in [3.05, 3.63) is 71.4 Å². The van der Waals surface area contributed by atoms with E-state index in [0.717, 1.165) is 17.2 Å². The Morgan fingerprint density at radius 1 is 1.00 bits per heavy atom. The maximum atomic E-state index is 13.4. The van der Waals surface area contributed by atoms with E-state index in [-0.39, 0.29) is 17.5 Å². The smallest absolute Gasteiger partial charge is 0.352 e. The normalized spacial score (nSPS) is 14.1. The molecule has 0 radical (unpaired) electrons. The van der Waals surface area contributed by atoms with Gasteiger partial charge in [-0.05, 0) is 41.8 Å². The molecule has 0 saturated carbocycles. The summed E-state index contributed by atoms with van der Waals surface area (Å²) in [6, 6.07) is 8.66. The number of hydrogen-bond acceptors (Lipinski definition) is 4. The lowest BCUT2D eigenvalue weighted by atomic mass is 9.99. The van der Waals surface area contributed by atoms with Crippen LogP contribution in [0.5, 0.6) is 0 Å². The zero-order valence-corrected chi connectivity index (χ0v) is 14.0. The predicted octanol–water partition coefficient (Wildman–Crippen LogP) is 4.26. The van der Waals surface area contributed by atoms with E-state index in [1.807, 2.05) is 0 Å². The van der Waals surface area contributed by atoms with Gasteiger partial charge in [-0.2, -0.15) is 13.2 Å². The highest BCUT2D eigenvalue weighted by Crippen LogP contribution is 2.33. The van der Waals surface area contributed by atoms with Gasteiger partial charge in [0.15, 0.2) is 11.5 Å². The van der Waals surface area contributed by atoms with E-state index in [0.29, 0.717) is 25.1 Å². The van der Waals surface area contributed by atoms with Crippen molar-refractivity contribution in [1.29, 1.82) is 0 Å². The summed E-state index contributed by atoms with van der Waals surface area (Å²) in [5.74, 6) is -0.161. The Hall–Kier alpha value is -3.03. The first-order valence-electron chi connectivity index (χ1n) is 8.29. The van der Waals surface area contributed by atoms with Crippen LogP contribution in [-0.4, -0.2) is 21.5 Å². The number of nitrogens with zero attached hydrogens (tertiary/aromatic N) is 4. The molecule has 1 aliphatic heterocycles. The van der Waals surface area contributed by atoms with Crippen molar-refractivity contribution >= 4 is 5.82 Å². The number of rotatable bonds is 2. The summed E-state index contributed by atoms with van der Waals surface area (Å²) in [7, 11) is 0. The van der Waals surface area contributed by atoms with E-state index >= 15 is 0 Å². The largest absolute Gasteiger partial charge is 0.433 e. The molecular formula is C19H14F4N4. The van der Waals surface area contributed by atoms with Crippen molar-refractivity contribution in [2.75, 3.05) is 11.4 Å². The molecule has 3 heterocycles. The second-order valence-electron chi connectivity index (χ2n) is 6.26. The van der Waals surface area contributed by atoms with Gasteiger partial charge >= 0.3 is 6.18 Å². The average molecular weight is 374 g/mol. The number of anilines is 1. The highest BCUT2D eigenvalue weighted by Gasteiger charge is 2.34. The second kappa shape index (κ2) is 6.61. The van der Waals surface area contributed by atoms with Gasteiger partial charge in [0, 0.05) is 37.1 Å². The van der Waals surface area contributed by atoms with Crippen LogP contribution in [0.15, 0.2) is 48.8 Å². The minimum atomic E-state index is -4.59. The van der Waals surface area contributed by atoms with Crippen LogP contribution in [0.2, 0.25) is 0 Å². The summed E-state index contributed by atoms with van der Waals surface area (Å²) < 4.78 is 53.4. The Kier molecular flexibility index (Phi) is 4.25. The lowest BCUT2D eigenvalue weighted by molar-refractivity contribution is -0.141. The van der Waals surface area contributed by atoms with Gasteiger partial charge in [-0.15, -0.1) is 0 Å². The van der Waals surface area contributed by atoms with E-state index in [4.69, 9.17) is 0 Å². The zero-order chi connectivity index (χ0) is 19.0. The Morgan fingerprint density at radius 2 is 1.85 bits per heavy atom. The maximum absolute atomic E-state index is 13.4. The summed E-state index contributed by atoms with van der Waals surface area (Å²) in [5.41, 5.74) is 1.14. The van der Waals surface area contributed by atoms with Crippen LogP contribution in [0.1, 0.15) is 16.8 Å². The molecule has 0 fully saturated rings. The minimum absolute atomic E-state index is 0.0298. The Balaban J connectivity index is 1.75. The van der Waals surface area contributed by atoms with Crippen LogP contribution in [0.3, 0.4) is 0 Å². The standard InChI is InChI=1S/C19H14F4N4/c20-15-4-3-14-11-27(7-5-12(14)8-15)17-9-16(19(21,22)23)25-18(26-17)13-2-1-6-24-10-13/h1-4,6,8-10H,5,7,11H2. The fraction of sp³-hybridized carbons (Fsp3) is 0.211. The first-order valence-corrected chi connectivity index (χ1v) is 8.29. The van der Waals surface area contributed by atoms with Crippen LogP contribution >= 0.6 is 0 Å². The fourth-order valence-corrected chi connectivity index (χ4v) is 3.08. The van der Waals surface area contributed by atoms with Crippen molar-refractivity contribution in [2.45, 2.75) is 19.1 Å². The van der Waals surface area contributed by atoms with Gasteiger partial charge in [0.2, 0.25) is 0 Å². The van der Waals surface area contributed by atoms with Crippen LogP contribution in [-0.2, 0) is 19.1 Å². The Bertz CT molecular complexity index is 973. The molecule has 1 aliphatic rings. The molecule has 4 nitrogen and oxygen atoms in total. The molecule has 3 aromatic rings. The molecule has 0 unspecified atom stereocenters. The molecule has 0 aliphatic carbocycles. The van der Waals surface area contributed by atoms with Gasteiger partial charge in [0.25, 0.3) is 0 Å². The number of fused-ring (bicyclic) bond motifs is 1. The molecule has 1 aromatic carbocycles. The zero-order valence-electron chi connectivity index (χ0n) is 14.0. The van der Waals surface area contributed by atoms with E-state index in [1.54, 1.807) is 23.1 Å². The first-order chi connectivity index (χ1) is 12.9. The Morgan fingerprint density at radius 3 is 2.59 bits per heavy atom. The lowest BCUT2D eigenvalue weighted by Gasteiger charge is -2.30.